The summed E-state index contributed by atoms with van der Waals surface area (Å²) in [6.07, 6.45) is 1.01. The standard InChI is InChI=1S/C10H16ClN3S/c1-3-6-13-10(12)14(2)7-8-4-5-9(11)15-8/h4-5H,3,6-7H2,1-2H3,(H2,12,13). The van der Waals surface area contributed by atoms with Gasteiger partial charge in [0, 0.05) is 18.5 Å². The second-order valence-corrected chi connectivity index (χ2v) is 5.10. The molecule has 0 radical (unpaired) electrons. The van der Waals surface area contributed by atoms with E-state index in [1.165, 1.54) is 4.88 Å². The van der Waals surface area contributed by atoms with Crippen LogP contribution in [0.3, 0.4) is 0 Å². The third-order valence-corrected chi connectivity index (χ3v) is 3.13. The maximum atomic E-state index is 5.85. The molecule has 0 saturated carbocycles. The normalized spacial score (nSPS) is 11.8. The third kappa shape index (κ3) is 4.10. The first-order valence-corrected chi connectivity index (χ1v) is 6.08. The van der Waals surface area contributed by atoms with Crippen LogP contribution in [-0.4, -0.2) is 24.5 Å². The summed E-state index contributed by atoms with van der Waals surface area (Å²) in [7, 11) is 1.93. The lowest BCUT2D eigenvalue weighted by atomic mass is 10.4. The molecule has 0 unspecified atom stereocenters. The van der Waals surface area contributed by atoms with Gasteiger partial charge in [-0.15, -0.1) is 11.3 Å². The summed E-state index contributed by atoms with van der Waals surface area (Å²) in [5, 5.41) is 0. The van der Waals surface area contributed by atoms with Crippen molar-refractivity contribution in [3.63, 3.8) is 0 Å². The zero-order valence-corrected chi connectivity index (χ0v) is 10.6. The molecule has 1 heterocycles. The van der Waals surface area contributed by atoms with E-state index in [4.69, 9.17) is 17.3 Å². The minimum atomic E-state index is 0.585. The fourth-order valence-electron chi connectivity index (χ4n) is 1.10. The Balaban J connectivity index is 2.51. The molecular formula is C10H16ClN3S. The van der Waals surface area contributed by atoms with Crippen LogP contribution >= 0.6 is 22.9 Å². The van der Waals surface area contributed by atoms with Gasteiger partial charge in [-0.3, -0.25) is 4.99 Å². The van der Waals surface area contributed by atoms with Crippen LogP contribution in [0.4, 0.5) is 0 Å². The number of nitrogens with two attached hydrogens (primary N) is 1. The Morgan fingerprint density at radius 2 is 2.33 bits per heavy atom. The molecule has 0 aromatic carbocycles. The van der Waals surface area contributed by atoms with E-state index in [1.54, 1.807) is 11.3 Å². The van der Waals surface area contributed by atoms with Gasteiger partial charge in [0.2, 0.25) is 0 Å². The lowest BCUT2D eigenvalue weighted by molar-refractivity contribution is 0.497. The highest BCUT2D eigenvalue weighted by molar-refractivity contribution is 7.16. The first kappa shape index (κ1) is 12.3. The van der Waals surface area contributed by atoms with Crippen molar-refractivity contribution in [2.45, 2.75) is 19.9 Å². The quantitative estimate of drug-likeness (QED) is 0.654. The lowest BCUT2D eigenvalue weighted by Crippen LogP contribution is -2.33. The van der Waals surface area contributed by atoms with Crippen molar-refractivity contribution in [3.8, 4) is 0 Å². The summed E-state index contributed by atoms with van der Waals surface area (Å²) in [5.41, 5.74) is 5.81. The Morgan fingerprint density at radius 1 is 1.60 bits per heavy atom. The number of aliphatic imine (C=N–C) groups is 1. The van der Waals surface area contributed by atoms with Crippen molar-refractivity contribution in [1.82, 2.24) is 4.90 Å². The predicted molar refractivity (Wildman–Crippen MR) is 67.6 cm³/mol. The van der Waals surface area contributed by atoms with Crippen molar-refractivity contribution in [2.24, 2.45) is 10.7 Å². The minimum Gasteiger partial charge on any atom is -0.370 e. The summed E-state index contributed by atoms with van der Waals surface area (Å²) in [6.45, 7) is 3.62. The summed E-state index contributed by atoms with van der Waals surface area (Å²) in [5.74, 6) is 0.585. The van der Waals surface area contributed by atoms with Crippen molar-refractivity contribution >= 4 is 28.9 Å². The summed E-state index contributed by atoms with van der Waals surface area (Å²) < 4.78 is 0.808. The molecule has 1 rings (SSSR count). The SMILES string of the molecule is CCCN=C(N)N(C)Cc1ccc(Cl)s1. The number of rotatable bonds is 4. The Hall–Kier alpha value is -0.740. The third-order valence-electron chi connectivity index (χ3n) is 1.91. The zero-order valence-electron chi connectivity index (χ0n) is 9.03. The molecule has 0 atom stereocenters. The summed E-state index contributed by atoms with van der Waals surface area (Å²) in [6, 6.07) is 3.91. The average Bonchev–Trinajstić information content (AvgIpc) is 2.60. The van der Waals surface area contributed by atoms with Crippen LogP contribution in [0, 0.1) is 0 Å². The second kappa shape index (κ2) is 5.98. The van der Waals surface area contributed by atoms with E-state index in [0.717, 1.165) is 23.8 Å². The van der Waals surface area contributed by atoms with Gasteiger partial charge in [0.1, 0.15) is 0 Å². The lowest BCUT2D eigenvalue weighted by Gasteiger charge is -2.16. The monoisotopic (exact) mass is 245 g/mol. The highest BCUT2D eigenvalue weighted by Crippen LogP contribution is 2.22. The minimum absolute atomic E-state index is 0.585. The van der Waals surface area contributed by atoms with Crippen LogP contribution < -0.4 is 5.73 Å². The molecule has 0 aliphatic rings. The molecule has 1 aromatic rings. The van der Waals surface area contributed by atoms with Gasteiger partial charge in [0.25, 0.3) is 0 Å². The molecule has 2 N–H and O–H groups in total. The number of hydrogen-bond acceptors (Lipinski definition) is 2. The fraction of sp³-hybridized carbons (Fsp3) is 0.500. The van der Waals surface area contributed by atoms with E-state index in [-0.39, 0.29) is 0 Å². The largest absolute Gasteiger partial charge is 0.370 e. The summed E-state index contributed by atoms with van der Waals surface area (Å²) in [4.78, 5) is 7.36. The molecule has 0 aliphatic heterocycles. The first-order chi connectivity index (χ1) is 7.13. The van der Waals surface area contributed by atoms with Gasteiger partial charge in [-0.2, -0.15) is 0 Å². The van der Waals surface area contributed by atoms with Crippen molar-refractivity contribution < 1.29 is 0 Å². The molecule has 0 fully saturated rings. The number of thiophene rings is 1. The highest BCUT2D eigenvalue weighted by Gasteiger charge is 2.04. The Morgan fingerprint density at radius 3 is 2.87 bits per heavy atom. The van der Waals surface area contributed by atoms with Gasteiger partial charge in [-0.25, -0.2) is 0 Å². The number of nitrogens with zero attached hydrogens (tertiary/aromatic N) is 2. The van der Waals surface area contributed by atoms with E-state index >= 15 is 0 Å². The average molecular weight is 246 g/mol. The molecule has 84 valence electrons. The molecule has 1 aromatic heterocycles. The van der Waals surface area contributed by atoms with Crippen LogP contribution in [-0.2, 0) is 6.54 Å². The first-order valence-electron chi connectivity index (χ1n) is 4.88. The van der Waals surface area contributed by atoms with Crippen LogP contribution in [0.25, 0.3) is 0 Å². The zero-order chi connectivity index (χ0) is 11.3. The molecule has 0 spiro atoms. The topological polar surface area (TPSA) is 41.6 Å². The van der Waals surface area contributed by atoms with Crippen LogP contribution in [0.2, 0.25) is 4.34 Å². The van der Waals surface area contributed by atoms with Crippen molar-refractivity contribution in [2.75, 3.05) is 13.6 Å². The van der Waals surface area contributed by atoms with Crippen LogP contribution in [0.5, 0.6) is 0 Å². The van der Waals surface area contributed by atoms with E-state index < -0.39 is 0 Å². The van der Waals surface area contributed by atoms with Gasteiger partial charge >= 0.3 is 0 Å². The number of hydrogen-bond donors (Lipinski definition) is 1. The maximum Gasteiger partial charge on any atom is 0.191 e. The number of halogens is 1. The van der Waals surface area contributed by atoms with Gasteiger partial charge < -0.3 is 10.6 Å². The van der Waals surface area contributed by atoms with Gasteiger partial charge in [-0.1, -0.05) is 18.5 Å². The number of guanidine groups is 1. The van der Waals surface area contributed by atoms with Crippen molar-refractivity contribution in [1.29, 1.82) is 0 Å². The molecule has 0 saturated heterocycles. The molecule has 15 heavy (non-hydrogen) atoms. The van der Waals surface area contributed by atoms with Crippen LogP contribution in [0.15, 0.2) is 17.1 Å². The second-order valence-electron chi connectivity index (χ2n) is 3.30. The maximum absolute atomic E-state index is 5.85. The van der Waals surface area contributed by atoms with Gasteiger partial charge in [0.05, 0.1) is 10.9 Å². The molecule has 0 aliphatic carbocycles. The fourth-order valence-corrected chi connectivity index (χ4v) is 2.24. The molecule has 5 heteroatoms. The molecule has 3 nitrogen and oxygen atoms in total. The van der Waals surface area contributed by atoms with Crippen LogP contribution in [0.1, 0.15) is 18.2 Å². The van der Waals surface area contributed by atoms with E-state index in [0.29, 0.717) is 5.96 Å². The van der Waals surface area contributed by atoms with Gasteiger partial charge in [-0.05, 0) is 18.6 Å². The highest BCUT2D eigenvalue weighted by atomic mass is 35.5. The molecule has 0 amide bonds. The Kier molecular flexibility index (Phi) is 4.91. The van der Waals surface area contributed by atoms with Crippen molar-refractivity contribution in [3.05, 3.63) is 21.3 Å². The van der Waals surface area contributed by atoms with E-state index in [2.05, 4.69) is 11.9 Å². The predicted octanol–water partition coefficient (Wildman–Crippen LogP) is 2.56. The molecular weight excluding hydrogens is 230 g/mol. The Bertz CT molecular complexity index is 335. The smallest absolute Gasteiger partial charge is 0.191 e. The van der Waals surface area contributed by atoms with E-state index in [9.17, 15) is 0 Å². The Labute approximate surface area is 99.6 Å². The van der Waals surface area contributed by atoms with Gasteiger partial charge in [0.15, 0.2) is 5.96 Å². The summed E-state index contributed by atoms with van der Waals surface area (Å²) >= 11 is 7.42. The molecule has 0 bridgehead atoms. The van der Waals surface area contributed by atoms with E-state index in [1.807, 2.05) is 24.1 Å².